The molecule has 1 aliphatic carbocycles. The van der Waals surface area contributed by atoms with Crippen molar-refractivity contribution in [2.75, 3.05) is 0 Å². The predicted molar refractivity (Wildman–Crippen MR) is 224 cm³/mol. The summed E-state index contributed by atoms with van der Waals surface area (Å²) in [6.07, 6.45) is 3.73. The first-order valence-corrected chi connectivity index (χ1v) is 18.7. The SMILES string of the molecule is c1ccc(-c2cc(-c3ccc(-c4cccc(C5(c6cccc(-c7ccncc7)c6)c6ccccc6-c6ccccc65)c4)cc3)nc(-c3ccccc3)n2)cc1. The minimum absolute atomic E-state index is 0.519. The lowest BCUT2D eigenvalue weighted by Gasteiger charge is -2.34. The van der Waals surface area contributed by atoms with E-state index in [-0.39, 0.29) is 0 Å². The van der Waals surface area contributed by atoms with Gasteiger partial charge < -0.3 is 0 Å². The minimum atomic E-state index is -0.519. The van der Waals surface area contributed by atoms with Crippen LogP contribution in [-0.2, 0) is 5.41 Å². The summed E-state index contributed by atoms with van der Waals surface area (Å²) in [5.74, 6) is 0.712. The number of pyridine rings is 1. The molecule has 0 amide bonds. The van der Waals surface area contributed by atoms with E-state index in [1.165, 1.54) is 38.9 Å². The van der Waals surface area contributed by atoms with Crippen LogP contribution in [-0.4, -0.2) is 15.0 Å². The fourth-order valence-corrected chi connectivity index (χ4v) is 8.33. The molecule has 0 aliphatic heterocycles. The lowest BCUT2D eigenvalue weighted by atomic mass is 9.67. The van der Waals surface area contributed by atoms with E-state index in [9.17, 15) is 0 Å². The van der Waals surface area contributed by atoms with Crippen molar-refractivity contribution in [3.8, 4) is 67.3 Å². The first-order chi connectivity index (χ1) is 27.3. The van der Waals surface area contributed by atoms with Gasteiger partial charge in [-0.15, -0.1) is 0 Å². The number of hydrogen-bond acceptors (Lipinski definition) is 3. The summed E-state index contributed by atoms with van der Waals surface area (Å²) in [5, 5.41) is 0. The molecule has 258 valence electrons. The molecule has 2 aromatic heterocycles. The Balaban J connectivity index is 1.10. The van der Waals surface area contributed by atoms with Gasteiger partial charge in [-0.1, -0.05) is 170 Å². The second-order valence-corrected chi connectivity index (χ2v) is 14.0. The zero-order chi connectivity index (χ0) is 36.6. The Bertz CT molecular complexity index is 2690. The summed E-state index contributed by atoms with van der Waals surface area (Å²) in [7, 11) is 0. The molecular formula is C52H35N3. The highest BCUT2D eigenvalue weighted by Gasteiger charge is 2.46. The Morgan fingerprint density at radius 2 is 0.745 bits per heavy atom. The molecule has 3 nitrogen and oxygen atoms in total. The van der Waals surface area contributed by atoms with Crippen molar-refractivity contribution in [3.05, 3.63) is 235 Å². The standard InChI is InChI=1S/C52H35N3/c1-3-13-38(14-4-1)49-35-50(55-51(54-49)40-15-5-2-6-16-40)39-27-25-36(26-28-39)41-17-11-19-43(33-41)52(44-20-12-18-42(34-44)37-29-31-53-32-30-37)47-23-9-7-21-45(47)46-22-8-10-24-48(46)52/h1-35H. The molecule has 0 saturated carbocycles. The van der Waals surface area contributed by atoms with Crippen LogP contribution in [0.2, 0.25) is 0 Å². The number of fused-ring (bicyclic) bond motifs is 3. The highest BCUT2D eigenvalue weighted by Crippen LogP contribution is 2.56. The summed E-state index contributed by atoms with van der Waals surface area (Å²) >= 11 is 0. The van der Waals surface area contributed by atoms with Crippen molar-refractivity contribution >= 4 is 0 Å². The third kappa shape index (κ3) is 5.65. The van der Waals surface area contributed by atoms with E-state index in [2.05, 4.69) is 169 Å². The lowest BCUT2D eigenvalue weighted by Crippen LogP contribution is -2.28. The average Bonchev–Trinajstić information content (AvgIpc) is 3.58. The van der Waals surface area contributed by atoms with Crippen LogP contribution in [0.25, 0.3) is 67.3 Å². The van der Waals surface area contributed by atoms with E-state index in [0.717, 1.165) is 44.8 Å². The Morgan fingerprint density at radius 1 is 0.309 bits per heavy atom. The van der Waals surface area contributed by atoms with Gasteiger partial charge in [-0.2, -0.15) is 0 Å². The molecule has 0 spiro atoms. The molecule has 0 fully saturated rings. The quantitative estimate of drug-likeness (QED) is 0.166. The molecule has 7 aromatic carbocycles. The highest BCUT2D eigenvalue weighted by atomic mass is 14.9. The van der Waals surface area contributed by atoms with E-state index in [1.54, 1.807) is 0 Å². The van der Waals surface area contributed by atoms with Crippen molar-refractivity contribution in [1.29, 1.82) is 0 Å². The largest absolute Gasteiger partial charge is 0.265 e. The summed E-state index contributed by atoms with van der Waals surface area (Å²) < 4.78 is 0. The molecule has 1 aliphatic rings. The van der Waals surface area contributed by atoms with Gasteiger partial charge in [0, 0.05) is 29.1 Å². The van der Waals surface area contributed by atoms with E-state index in [0.29, 0.717) is 5.82 Å². The van der Waals surface area contributed by atoms with Crippen LogP contribution in [0.5, 0.6) is 0 Å². The van der Waals surface area contributed by atoms with E-state index < -0.39 is 5.41 Å². The molecule has 10 rings (SSSR count). The van der Waals surface area contributed by atoms with Crippen LogP contribution in [0.3, 0.4) is 0 Å². The fourth-order valence-electron chi connectivity index (χ4n) is 8.33. The molecule has 0 radical (unpaired) electrons. The number of nitrogens with zero attached hydrogens (tertiary/aromatic N) is 3. The number of aromatic nitrogens is 3. The van der Waals surface area contributed by atoms with Crippen molar-refractivity contribution in [2.45, 2.75) is 5.41 Å². The van der Waals surface area contributed by atoms with Crippen LogP contribution >= 0.6 is 0 Å². The van der Waals surface area contributed by atoms with Gasteiger partial charge in [-0.05, 0) is 86.0 Å². The van der Waals surface area contributed by atoms with Gasteiger partial charge in [0.25, 0.3) is 0 Å². The Hall–Kier alpha value is -7.23. The first-order valence-electron chi connectivity index (χ1n) is 18.7. The lowest BCUT2D eigenvalue weighted by molar-refractivity contribution is 0.769. The Kier molecular flexibility index (Phi) is 8.04. The number of rotatable bonds is 7. The maximum Gasteiger partial charge on any atom is 0.160 e. The number of hydrogen-bond donors (Lipinski definition) is 0. The maximum absolute atomic E-state index is 5.07. The monoisotopic (exact) mass is 701 g/mol. The topological polar surface area (TPSA) is 38.7 Å². The summed E-state index contributed by atoms with van der Waals surface area (Å²) in [6, 6.07) is 71.6. The van der Waals surface area contributed by atoms with Gasteiger partial charge in [0.2, 0.25) is 0 Å². The van der Waals surface area contributed by atoms with Crippen molar-refractivity contribution < 1.29 is 0 Å². The summed E-state index contributed by atoms with van der Waals surface area (Å²) in [6.45, 7) is 0. The molecule has 9 aromatic rings. The molecule has 3 heteroatoms. The van der Waals surface area contributed by atoms with Crippen LogP contribution in [0, 0.1) is 0 Å². The van der Waals surface area contributed by atoms with Crippen molar-refractivity contribution in [3.63, 3.8) is 0 Å². The second kappa shape index (κ2) is 13.6. The van der Waals surface area contributed by atoms with E-state index in [4.69, 9.17) is 9.97 Å². The van der Waals surface area contributed by atoms with Gasteiger partial charge >= 0.3 is 0 Å². The Labute approximate surface area is 321 Å². The first kappa shape index (κ1) is 32.4. The zero-order valence-corrected chi connectivity index (χ0v) is 30.0. The second-order valence-electron chi connectivity index (χ2n) is 14.0. The third-order valence-corrected chi connectivity index (χ3v) is 10.9. The zero-order valence-electron chi connectivity index (χ0n) is 30.0. The average molecular weight is 702 g/mol. The van der Waals surface area contributed by atoms with Gasteiger partial charge in [-0.3, -0.25) is 4.98 Å². The van der Waals surface area contributed by atoms with Crippen LogP contribution in [0.4, 0.5) is 0 Å². The summed E-state index contributed by atoms with van der Waals surface area (Å²) in [4.78, 5) is 14.3. The molecule has 0 saturated heterocycles. The normalized spacial score (nSPS) is 12.5. The van der Waals surface area contributed by atoms with Crippen molar-refractivity contribution in [2.24, 2.45) is 0 Å². The smallest absolute Gasteiger partial charge is 0.160 e. The third-order valence-electron chi connectivity index (χ3n) is 10.9. The van der Waals surface area contributed by atoms with Crippen LogP contribution < -0.4 is 0 Å². The molecule has 2 heterocycles. The van der Waals surface area contributed by atoms with Crippen molar-refractivity contribution in [1.82, 2.24) is 15.0 Å². The Morgan fingerprint density at radius 3 is 1.31 bits per heavy atom. The maximum atomic E-state index is 5.07. The molecular weight excluding hydrogens is 667 g/mol. The van der Waals surface area contributed by atoms with Gasteiger partial charge in [0.15, 0.2) is 5.82 Å². The van der Waals surface area contributed by atoms with Crippen LogP contribution in [0.15, 0.2) is 213 Å². The molecule has 0 unspecified atom stereocenters. The van der Waals surface area contributed by atoms with Gasteiger partial charge in [-0.25, -0.2) is 9.97 Å². The minimum Gasteiger partial charge on any atom is -0.265 e. The van der Waals surface area contributed by atoms with Crippen LogP contribution in [0.1, 0.15) is 22.3 Å². The number of benzene rings is 7. The molecule has 0 N–H and O–H groups in total. The summed E-state index contributed by atoms with van der Waals surface area (Å²) in [5.41, 5.74) is 16.6. The van der Waals surface area contributed by atoms with Gasteiger partial charge in [0.05, 0.1) is 16.8 Å². The predicted octanol–water partition coefficient (Wildman–Crippen LogP) is 12.6. The molecule has 0 bridgehead atoms. The van der Waals surface area contributed by atoms with E-state index in [1.807, 2.05) is 48.8 Å². The molecule has 55 heavy (non-hydrogen) atoms. The van der Waals surface area contributed by atoms with E-state index >= 15 is 0 Å². The van der Waals surface area contributed by atoms with Gasteiger partial charge in [0.1, 0.15) is 0 Å². The molecule has 0 atom stereocenters. The fraction of sp³-hybridized carbons (Fsp3) is 0.0192. The highest BCUT2D eigenvalue weighted by molar-refractivity contribution is 5.87.